The fraction of sp³-hybridized carbons (Fsp3) is 0.600. The van der Waals surface area contributed by atoms with Gasteiger partial charge in [-0.1, -0.05) is 20.8 Å². The highest BCUT2D eigenvalue weighted by molar-refractivity contribution is 5.37. The second-order valence-corrected chi connectivity index (χ2v) is 6.52. The van der Waals surface area contributed by atoms with Gasteiger partial charge in [0.2, 0.25) is 0 Å². The number of benzene rings is 1. The summed E-state index contributed by atoms with van der Waals surface area (Å²) in [6.07, 6.45) is 0. The van der Waals surface area contributed by atoms with Gasteiger partial charge < -0.3 is 5.32 Å². The lowest BCUT2D eigenvalue weighted by Gasteiger charge is -2.42. The Bertz CT molecular complexity index is 522. The lowest BCUT2D eigenvalue weighted by atomic mass is 9.80. The second kappa shape index (κ2) is 6.07. The van der Waals surface area contributed by atoms with E-state index in [-0.39, 0.29) is 23.0 Å². The summed E-state index contributed by atoms with van der Waals surface area (Å²) in [5.74, 6) is -0.376. The Hall–Kier alpha value is -1.53. The zero-order valence-electron chi connectivity index (χ0n) is 12.7. The van der Waals surface area contributed by atoms with Gasteiger partial charge in [0.05, 0.1) is 4.92 Å². The Balaban J connectivity index is 2.45. The molecule has 6 heteroatoms. The molecule has 0 bridgehead atoms. The smallest absolute Gasteiger partial charge is 0.269 e. The third-order valence-corrected chi connectivity index (χ3v) is 3.82. The van der Waals surface area contributed by atoms with Gasteiger partial charge in [-0.05, 0) is 11.5 Å². The molecule has 0 saturated carbocycles. The largest absolute Gasteiger partial charge is 0.314 e. The van der Waals surface area contributed by atoms with Crippen molar-refractivity contribution in [3.8, 4) is 0 Å². The molecule has 1 aromatic rings. The Morgan fingerprint density at radius 1 is 1.33 bits per heavy atom. The third-order valence-electron chi connectivity index (χ3n) is 3.82. The van der Waals surface area contributed by atoms with E-state index in [0.29, 0.717) is 5.56 Å². The number of nitrogens with zero attached hydrogens (tertiary/aromatic N) is 2. The van der Waals surface area contributed by atoms with Gasteiger partial charge in [0.15, 0.2) is 0 Å². The first-order chi connectivity index (χ1) is 9.80. The fourth-order valence-electron chi connectivity index (χ4n) is 3.01. The molecule has 2 rings (SSSR count). The molecule has 1 aromatic carbocycles. The molecule has 116 valence electrons. The van der Waals surface area contributed by atoms with E-state index in [1.54, 1.807) is 0 Å². The van der Waals surface area contributed by atoms with E-state index in [1.165, 1.54) is 18.2 Å². The Morgan fingerprint density at radius 2 is 1.95 bits per heavy atom. The van der Waals surface area contributed by atoms with Gasteiger partial charge in [0.1, 0.15) is 5.82 Å². The molecule has 1 fully saturated rings. The van der Waals surface area contributed by atoms with E-state index in [2.05, 4.69) is 10.2 Å². The van der Waals surface area contributed by atoms with Crippen LogP contribution in [0.25, 0.3) is 0 Å². The van der Waals surface area contributed by atoms with Gasteiger partial charge in [-0.15, -0.1) is 0 Å². The van der Waals surface area contributed by atoms with Crippen molar-refractivity contribution in [2.45, 2.75) is 26.8 Å². The van der Waals surface area contributed by atoms with Gasteiger partial charge in [0.25, 0.3) is 5.69 Å². The van der Waals surface area contributed by atoms with Crippen LogP contribution in [0.5, 0.6) is 0 Å². The molecule has 1 heterocycles. The van der Waals surface area contributed by atoms with Crippen LogP contribution in [-0.2, 0) is 0 Å². The summed E-state index contributed by atoms with van der Waals surface area (Å²) >= 11 is 0. The molecule has 21 heavy (non-hydrogen) atoms. The van der Waals surface area contributed by atoms with Crippen LogP contribution < -0.4 is 5.32 Å². The predicted molar refractivity (Wildman–Crippen MR) is 79.7 cm³/mol. The van der Waals surface area contributed by atoms with Crippen LogP contribution in [0.4, 0.5) is 10.1 Å². The van der Waals surface area contributed by atoms with Crippen molar-refractivity contribution in [3.63, 3.8) is 0 Å². The summed E-state index contributed by atoms with van der Waals surface area (Å²) in [4.78, 5) is 12.7. The zero-order valence-corrected chi connectivity index (χ0v) is 12.7. The van der Waals surface area contributed by atoms with Crippen LogP contribution in [-0.4, -0.2) is 36.0 Å². The number of non-ortho nitro benzene ring substituents is 1. The molecule has 5 nitrogen and oxygen atoms in total. The molecule has 0 unspecified atom stereocenters. The highest BCUT2D eigenvalue weighted by Crippen LogP contribution is 2.40. The van der Waals surface area contributed by atoms with Crippen LogP contribution in [0.1, 0.15) is 32.4 Å². The lowest BCUT2D eigenvalue weighted by molar-refractivity contribution is -0.385. The van der Waals surface area contributed by atoms with Crippen LogP contribution in [0, 0.1) is 21.3 Å². The monoisotopic (exact) mass is 295 g/mol. The first-order valence-electron chi connectivity index (χ1n) is 7.19. The van der Waals surface area contributed by atoms with Gasteiger partial charge in [-0.3, -0.25) is 15.0 Å². The summed E-state index contributed by atoms with van der Waals surface area (Å²) in [6.45, 7) is 9.44. The summed E-state index contributed by atoms with van der Waals surface area (Å²) < 4.78 is 14.3. The molecule has 1 saturated heterocycles. The maximum Gasteiger partial charge on any atom is 0.269 e. The molecule has 1 aliphatic heterocycles. The average Bonchev–Trinajstić information content (AvgIpc) is 2.40. The highest BCUT2D eigenvalue weighted by Gasteiger charge is 2.35. The zero-order chi connectivity index (χ0) is 15.6. The minimum Gasteiger partial charge on any atom is -0.314 e. The molecule has 1 atom stereocenters. The molecule has 1 N–H and O–H groups in total. The van der Waals surface area contributed by atoms with Gasteiger partial charge >= 0.3 is 0 Å². The van der Waals surface area contributed by atoms with Crippen LogP contribution >= 0.6 is 0 Å². The Kier molecular flexibility index (Phi) is 4.58. The van der Waals surface area contributed by atoms with E-state index in [9.17, 15) is 14.5 Å². The maximum atomic E-state index is 14.3. The molecule has 0 aliphatic carbocycles. The Morgan fingerprint density at radius 3 is 2.48 bits per heavy atom. The number of nitrogens with one attached hydrogen (secondary N) is 1. The molecule has 0 amide bonds. The molecule has 0 spiro atoms. The summed E-state index contributed by atoms with van der Waals surface area (Å²) in [5, 5.41) is 14.2. The van der Waals surface area contributed by atoms with Crippen molar-refractivity contribution < 1.29 is 9.31 Å². The van der Waals surface area contributed by atoms with Crippen LogP contribution in [0.15, 0.2) is 18.2 Å². The number of rotatable bonds is 3. The third kappa shape index (κ3) is 3.57. The van der Waals surface area contributed by atoms with E-state index < -0.39 is 4.92 Å². The van der Waals surface area contributed by atoms with Gasteiger partial charge in [-0.25, -0.2) is 4.39 Å². The standard InChI is InChI=1S/C15H22FN3O2/c1-15(2,3)14(18-8-6-17-7-9-18)12-10-11(19(20)21)4-5-13(12)16/h4-5,10,14,17H,6-9H2,1-3H3/t14-/m0/s1. The number of nitro groups is 1. The van der Waals surface area contributed by atoms with Crippen molar-refractivity contribution in [2.75, 3.05) is 26.2 Å². The fourth-order valence-corrected chi connectivity index (χ4v) is 3.01. The number of nitro benzene ring substituents is 1. The summed E-state index contributed by atoms with van der Waals surface area (Å²) in [7, 11) is 0. The number of hydrogen-bond acceptors (Lipinski definition) is 4. The predicted octanol–water partition coefficient (Wildman–Crippen LogP) is 2.73. The van der Waals surface area contributed by atoms with Crippen molar-refractivity contribution in [1.29, 1.82) is 0 Å². The first-order valence-corrected chi connectivity index (χ1v) is 7.19. The van der Waals surface area contributed by atoms with Crippen molar-refractivity contribution in [1.82, 2.24) is 10.2 Å². The molecule has 1 aliphatic rings. The summed E-state index contributed by atoms with van der Waals surface area (Å²) in [6, 6.07) is 3.62. The van der Waals surface area contributed by atoms with Crippen molar-refractivity contribution >= 4 is 5.69 Å². The highest BCUT2D eigenvalue weighted by atomic mass is 19.1. The minimum absolute atomic E-state index is 0.0595. The number of halogens is 1. The molecule has 0 aromatic heterocycles. The minimum atomic E-state index is -0.472. The quantitative estimate of drug-likeness (QED) is 0.688. The van der Waals surface area contributed by atoms with Gasteiger partial charge in [-0.2, -0.15) is 0 Å². The average molecular weight is 295 g/mol. The van der Waals surface area contributed by atoms with Crippen molar-refractivity contribution in [3.05, 3.63) is 39.7 Å². The molecule has 0 radical (unpaired) electrons. The topological polar surface area (TPSA) is 58.4 Å². The van der Waals surface area contributed by atoms with E-state index in [4.69, 9.17) is 0 Å². The first kappa shape index (κ1) is 15.9. The Labute approximate surface area is 124 Å². The van der Waals surface area contributed by atoms with Crippen molar-refractivity contribution in [2.24, 2.45) is 5.41 Å². The molecular weight excluding hydrogens is 273 g/mol. The van der Waals surface area contributed by atoms with E-state index >= 15 is 0 Å². The SMILES string of the molecule is CC(C)(C)[C@H](c1cc([N+](=O)[O-])ccc1F)N1CCNCC1. The van der Waals surface area contributed by atoms with Gasteiger partial charge in [0, 0.05) is 49.9 Å². The second-order valence-electron chi connectivity index (χ2n) is 6.52. The normalized spacial score (nSPS) is 18.5. The van der Waals surface area contributed by atoms with Crippen LogP contribution in [0.2, 0.25) is 0 Å². The van der Waals surface area contributed by atoms with E-state index in [0.717, 1.165) is 26.2 Å². The number of piperazine rings is 1. The lowest BCUT2D eigenvalue weighted by Crippen LogP contribution is -2.48. The van der Waals surface area contributed by atoms with E-state index in [1.807, 2.05) is 20.8 Å². The molecular formula is C15H22FN3O2. The summed E-state index contributed by atoms with van der Waals surface area (Å²) in [5.41, 5.74) is 0.141. The van der Waals surface area contributed by atoms with Crippen LogP contribution in [0.3, 0.4) is 0 Å². The maximum absolute atomic E-state index is 14.3. The number of hydrogen-bond donors (Lipinski definition) is 1.